The number of hydrogen-bond acceptors (Lipinski definition) is 2. The quantitative estimate of drug-likeness (QED) is 0.695. The Labute approximate surface area is 104 Å². The highest BCUT2D eigenvalue weighted by atomic mass is 16.1. The first-order valence-electron chi connectivity index (χ1n) is 6.67. The molecular weight excluding hydrogens is 212 g/mol. The van der Waals surface area contributed by atoms with Crippen molar-refractivity contribution in [3.05, 3.63) is 18.2 Å². The van der Waals surface area contributed by atoms with Crippen molar-refractivity contribution in [1.29, 1.82) is 0 Å². The van der Waals surface area contributed by atoms with Gasteiger partial charge in [-0.05, 0) is 12.8 Å². The van der Waals surface area contributed by atoms with E-state index in [1.54, 1.807) is 6.20 Å². The van der Waals surface area contributed by atoms with Crippen LogP contribution in [0.15, 0.2) is 12.4 Å². The highest BCUT2D eigenvalue weighted by Gasteiger charge is 2.16. The van der Waals surface area contributed by atoms with E-state index in [1.807, 2.05) is 17.8 Å². The lowest BCUT2D eigenvalue weighted by molar-refractivity contribution is -0.123. The molecule has 1 aromatic rings. The topological polar surface area (TPSA) is 34.9 Å². The zero-order chi connectivity index (χ0) is 12.7. The summed E-state index contributed by atoms with van der Waals surface area (Å²) in [6.45, 7) is 4.30. The number of Topliss-reactive ketones (excluding diaryl/α,β-unsaturated/α-hetero) is 1. The second-order valence-electron chi connectivity index (χ2n) is 4.69. The summed E-state index contributed by atoms with van der Waals surface area (Å²) in [7, 11) is 1.97. The summed E-state index contributed by atoms with van der Waals surface area (Å²) in [5.74, 6) is 1.69. The molecule has 0 aliphatic carbocycles. The highest BCUT2D eigenvalue weighted by Crippen LogP contribution is 2.17. The highest BCUT2D eigenvalue weighted by molar-refractivity contribution is 5.81. The van der Waals surface area contributed by atoms with Gasteiger partial charge in [0.05, 0.1) is 0 Å². The second kappa shape index (κ2) is 7.25. The molecule has 0 atom stereocenters. The molecule has 0 spiro atoms. The molecule has 3 heteroatoms. The number of rotatable bonds is 8. The molecule has 0 radical (unpaired) electrons. The molecule has 17 heavy (non-hydrogen) atoms. The Bertz CT molecular complexity index is 338. The van der Waals surface area contributed by atoms with Crippen molar-refractivity contribution in [2.45, 2.75) is 52.4 Å². The van der Waals surface area contributed by atoms with Gasteiger partial charge in [-0.2, -0.15) is 0 Å². The van der Waals surface area contributed by atoms with Crippen LogP contribution in [0.5, 0.6) is 0 Å². The lowest BCUT2D eigenvalue weighted by Crippen LogP contribution is -2.15. The zero-order valence-electron chi connectivity index (χ0n) is 11.3. The molecule has 0 fully saturated rings. The third kappa shape index (κ3) is 4.33. The zero-order valence-corrected chi connectivity index (χ0v) is 11.3. The average Bonchev–Trinajstić information content (AvgIpc) is 2.71. The predicted octanol–water partition coefficient (Wildman–Crippen LogP) is 3.14. The number of ketones is 1. The van der Waals surface area contributed by atoms with Crippen LogP contribution in [0.25, 0.3) is 0 Å². The summed E-state index contributed by atoms with van der Waals surface area (Å²) in [5.41, 5.74) is 0. The number of nitrogens with zero attached hydrogens (tertiary/aromatic N) is 2. The van der Waals surface area contributed by atoms with Gasteiger partial charge in [-0.1, -0.05) is 26.7 Å². The minimum atomic E-state index is 0.269. The molecule has 0 amide bonds. The van der Waals surface area contributed by atoms with Gasteiger partial charge in [-0.15, -0.1) is 0 Å². The van der Waals surface area contributed by atoms with E-state index in [4.69, 9.17) is 0 Å². The normalized spacial score (nSPS) is 11.1. The van der Waals surface area contributed by atoms with Crippen LogP contribution < -0.4 is 0 Å². The third-order valence-electron chi connectivity index (χ3n) is 3.25. The first kappa shape index (κ1) is 13.9. The maximum absolute atomic E-state index is 12.1. The van der Waals surface area contributed by atoms with Crippen LogP contribution >= 0.6 is 0 Å². The summed E-state index contributed by atoms with van der Waals surface area (Å²) in [6, 6.07) is 0. The van der Waals surface area contributed by atoms with Gasteiger partial charge in [-0.3, -0.25) is 4.79 Å². The molecule has 0 aliphatic rings. The van der Waals surface area contributed by atoms with Gasteiger partial charge in [-0.25, -0.2) is 4.98 Å². The van der Waals surface area contributed by atoms with Crippen molar-refractivity contribution in [2.75, 3.05) is 0 Å². The van der Waals surface area contributed by atoms with Crippen molar-refractivity contribution in [1.82, 2.24) is 9.55 Å². The molecule has 0 N–H and O–H groups in total. The molecule has 3 nitrogen and oxygen atoms in total. The summed E-state index contributed by atoms with van der Waals surface area (Å²) in [6.07, 6.45) is 9.38. The van der Waals surface area contributed by atoms with E-state index in [9.17, 15) is 4.79 Å². The van der Waals surface area contributed by atoms with Crippen LogP contribution in [0.1, 0.15) is 51.8 Å². The fourth-order valence-corrected chi connectivity index (χ4v) is 2.24. The molecule has 0 saturated heterocycles. The van der Waals surface area contributed by atoms with Gasteiger partial charge in [0, 0.05) is 38.2 Å². The van der Waals surface area contributed by atoms with Crippen molar-refractivity contribution in [3.63, 3.8) is 0 Å². The Morgan fingerprint density at radius 1 is 1.35 bits per heavy atom. The Hall–Kier alpha value is -1.12. The largest absolute Gasteiger partial charge is 0.338 e. The van der Waals surface area contributed by atoms with Gasteiger partial charge in [0.25, 0.3) is 0 Å². The molecule has 0 unspecified atom stereocenters. The fourth-order valence-electron chi connectivity index (χ4n) is 2.24. The predicted molar refractivity (Wildman–Crippen MR) is 69.8 cm³/mol. The molecule has 0 bridgehead atoms. The monoisotopic (exact) mass is 236 g/mol. The third-order valence-corrected chi connectivity index (χ3v) is 3.25. The number of aromatic nitrogens is 2. The fraction of sp³-hybridized carbons (Fsp3) is 0.714. The maximum atomic E-state index is 12.1. The average molecular weight is 236 g/mol. The Kier molecular flexibility index (Phi) is 5.95. The van der Waals surface area contributed by atoms with Crippen molar-refractivity contribution in [2.24, 2.45) is 13.0 Å². The van der Waals surface area contributed by atoms with E-state index in [2.05, 4.69) is 18.8 Å². The van der Waals surface area contributed by atoms with Gasteiger partial charge < -0.3 is 4.57 Å². The maximum Gasteiger partial charge on any atom is 0.136 e. The molecule has 1 aromatic heterocycles. The van der Waals surface area contributed by atoms with Crippen LogP contribution in [0, 0.1) is 5.92 Å². The van der Waals surface area contributed by atoms with Crippen LogP contribution in [-0.2, 0) is 18.3 Å². The number of aryl methyl sites for hydroxylation is 2. The Balaban J connectivity index is 2.44. The smallest absolute Gasteiger partial charge is 0.136 e. The summed E-state index contributed by atoms with van der Waals surface area (Å²) in [5, 5.41) is 0. The van der Waals surface area contributed by atoms with Crippen molar-refractivity contribution >= 4 is 5.78 Å². The van der Waals surface area contributed by atoms with Crippen LogP contribution in [0.3, 0.4) is 0 Å². The van der Waals surface area contributed by atoms with Gasteiger partial charge in [0.1, 0.15) is 11.6 Å². The molecule has 0 saturated carbocycles. The van der Waals surface area contributed by atoms with Gasteiger partial charge in [0.15, 0.2) is 0 Å². The first-order valence-corrected chi connectivity index (χ1v) is 6.67. The molecule has 0 aliphatic heterocycles. The Morgan fingerprint density at radius 3 is 2.47 bits per heavy atom. The van der Waals surface area contributed by atoms with Crippen molar-refractivity contribution in [3.8, 4) is 0 Å². The lowest BCUT2D eigenvalue weighted by Gasteiger charge is -2.13. The minimum Gasteiger partial charge on any atom is -0.338 e. The van der Waals surface area contributed by atoms with Crippen molar-refractivity contribution < 1.29 is 4.79 Å². The Morgan fingerprint density at radius 2 is 2.00 bits per heavy atom. The molecule has 96 valence electrons. The van der Waals surface area contributed by atoms with E-state index in [-0.39, 0.29) is 5.92 Å². The standard InChI is InChI=1S/C14H24N2O/c1-4-6-12(7-5-2)13(17)8-9-14-15-10-11-16(14)3/h10-12H,4-9H2,1-3H3. The summed E-state index contributed by atoms with van der Waals surface area (Å²) >= 11 is 0. The van der Waals surface area contributed by atoms with Crippen LogP contribution in [0.4, 0.5) is 0 Å². The minimum absolute atomic E-state index is 0.269. The van der Waals surface area contributed by atoms with E-state index >= 15 is 0 Å². The summed E-state index contributed by atoms with van der Waals surface area (Å²) < 4.78 is 1.99. The first-order chi connectivity index (χ1) is 8.19. The lowest BCUT2D eigenvalue weighted by atomic mass is 9.91. The van der Waals surface area contributed by atoms with E-state index < -0.39 is 0 Å². The summed E-state index contributed by atoms with van der Waals surface area (Å²) in [4.78, 5) is 16.3. The molecule has 1 rings (SSSR count). The van der Waals surface area contributed by atoms with E-state index in [0.717, 1.165) is 37.9 Å². The van der Waals surface area contributed by atoms with Gasteiger partial charge >= 0.3 is 0 Å². The number of hydrogen-bond donors (Lipinski definition) is 0. The van der Waals surface area contributed by atoms with E-state index in [0.29, 0.717) is 12.2 Å². The molecule has 0 aromatic carbocycles. The second-order valence-corrected chi connectivity index (χ2v) is 4.69. The van der Waals surface area contributed by atoms with Gasteiger partial charge in [0.2, 0.25) is 0 Å². The van der Waals surface area contributed by atoms with E-state index in [1.165, 1.54) is 0 Å². The molecule has 1 heterocycles. The number of carbonyl (C=O) groups is 1. The number of carbonyl (C=O) groups excluding carboxylic acids is 1. The SMILES string of the molecule is CCCC(CCC)C(=O)CCc1nccn1C. The molecular formula is C14H24N2O. The van der Waals surface area contributed by atoms with Crippen LogP contribution in [-0.4, -0.2) is 15.3 Å². The van der Waals surface area contributed by atoms with Crippen LogP contribution in [0.2, 0.25) is 0 Å². The number of imidazole rings is 1.